The fraction of sp³-hybridized carbons (Fsp3) is 0.100. The molecule has 0 aliphatic rings. The summed E-state index contributed by atoms with van der Waals surface area (Å²) in [5, 5.41) is 10.6. The zero-order valence-corrected chi connectivity index (χ0v) is 9.68. The van der Waals surface area contributed by atoms with Gasteiger partial charge in [0.1, 0.15) is 0 Å². The third-order valence-electron chi connectivity index (χ3n) is 2.36. The largest absolute Gasteiger partial charge is 0.307 e. The van der Waals surface area contributed by atoms with Crippen LogP contribution in [0, 0.1) is 10.1 Å². The van der Waals surface area contributed by atoms with Crippen molar-refractivity contribution in [2.75, 3.05) is 5.43 Å². The van der Waals surface area contributed by atoms with E-state index in [0.29, 0.717) is 11.5 Å². The highest BCUT2D eigenvalue weighted by molar-refractivity contribution is 5.29. The second kappa shape index (κ2) is 5.23. The molecular formula is C10H10N6O3. The molecule has 0 aromatic carbocycles. The Morgan fingerprint density at radius 2 is 2.16 bits per heavy atom. The number of hydrazine groups is 1. The second-order valence-electron chi connectivity index (χ2n) is 3.65. The molecule has 2 rings (SSSR count). The van der Waals surface area contributed by atoms with Crippen LogP contribution >= 0.6 is 0 Å². The van der Waals surface area contributed by atoms with Gasteiger partial charge in [-0.25, -0.2) is 10.8 Å². The number of pyridine rings is 1. The molecule has 0 saturated carbocycles. The Balaban J connectivity index is 2.29. The highest BCUT2D eigenvalue weighted by Gasteiger charge is 2.08. The number of nitrogen functional groups attached to an aromatic ring is 1. The summed E-state index contributed by atoms with van der Waals surface area (Å²) in [4.78, 5) is 29.6. The number of nitrogens with zero attached hydrogens (tertiary/aromatic N) is 4. The van der Waals surface area contributed by atoms with Gasteiger partial charge in [-0.05, 0) is 0 Å². The van der Waals surface area contributed by atoms with E-state index in [1.807, 2.05) is 0 Å². The SMILES string of the molecule is NNc1cnc(Cn2cc([N+](=O)[O-])ccc2=O)cn1. The van der Waals surface area contributed by atoms with Crippen LogP contribution in [-0.2, 0) is 6.54 Å². The van der Waals surface area contributed by atoms with Crippen LogP contribution in [0.2, 0.25) is 0 Å². The number of hydrogen-bond donors (Lipinski definition) is 2. The third kappa shape index (κ3) is 2.90. The summed E-state index contributed by atoms with van der Waals surface area (Å²) in [6.45, 7) is 0.0956. The van der Waals surface area contributed by atoms with Gasteiger partial charge < -0.3 is 9.99 Å². The number of anilines is 1. The molecule has 3 N–H and O–H groups in total. The molecule has 9 nitrogen and oxygen atoms in total. The van der Waals surface area contributed by atoms with Crippen LogP contribution in [0.15, 0.2) is 35.5 Å². The van der Waals surface area contributed by atoms with Gasteiger partial charge >= 0.3 is 0 Å². The molecule has 19 heavy (non-hydrogen) atoms. The van der Waals surface area contributed by atoms with E-state index in [-0.39, 0.29) is 17.8 Å². The van der Waals surface area contributed by atoms with Crippen LogP contribution in [0.3, 0.4) is 0 Å². The van der Waals surface area contributed by atoms with Gasteiger partial charge in [0.15, 0.2) is 5.82 Å². The lowest BCUT2D eigenvalue weighted by molar-refractivity contribution is -0.385. The van der Waals surface area contributed by atoms with Gasteiger partial charge in [-0.3, -0.25) is 19.9 Å². The monoisotopic (exact) mass is 262 g/mol. The van der Waals surface area contributed by atoms with Gasteiger partial charge in [0.2, 0.25) is 0 Å². The van der Waals surface area contributed by atoms with Crippen molar-refractivity contribution in [3.8, 4) is 0 Å². The maximum Gasteiger partial charge on any atom is 0.285 e. The van der Waals surface area contributed by atoms with E-state index >= 15 is 0 Å². The molecule has 2 heterocycles. The van der Waals surface area contributed by atoms with Gasteiger partial charge in [-0.1, -0.05) is 0 Å². The molecule has 0 fully saturated rings. The normalized spacial score (nSPS) is 10.2. The van der Waals surface area contributed by atoms with Gasteiger partial charge in [-0.2, -0.15) is 0 Å². The first-order valence-electron chi connectivity index (χ1n) is 5.22. The highest BCUT2D eigenvalue weighted by atomic mass is 16.6. The van der Waals surface area contributed by atoms with Crippen LogP contribution in [0.1, 0.15) is 5.69 Å². The highest BCUT2D eigenvalue weighted by Crippen LogP contribution is 2.07. The fourth-order valence-electron chi connectivity index (χ4n) is 1.44. The quantitative estimate of drug-likeness (QED) is 0.446. The maximum atomic E-state index is 11.6. The average molecular weight is 262 g/mol. The van der Waals surface area contributed by atoms with Crippen molar-refractivity contribution in [2.24, 2.45) is 5.84 Å². The Bertz CT molecular complexity index is 651. The third-order valence-corrected chi connectivity index (χ3v) is 2.36. The Labute approximate surface area is 106 Å². The summed E-state index contributed by atoms with van der Waals surface area (Å²) in [5.74, 6) is 5.53. The smallest absolute Gasteiger partial charge is 0.285 e. The van der Waals surface area contributed by atoms with Crippen molar-refractivity contribution in [2.45, 2.75) is 6.54 Å². The van der Waals surface area contributed by atoms with Crippen LogP contribution < -0.4 is 16.8 Å². The predicted molar refractivity (Wildman–Crippen MR) is 66.3 cm³/mol. The van der Waals surface area contributed by atoms with Gasteiger partial charge in [0.25, 0.3) is 11.2 Å². The molecule has 0 unspecified atom stereocenters. The van der Waals surface area contributed by atoms with Gasteiger partial charge in [-0.15, -0.1) is 0 Å². The van der Waals surface area contributed by atoms with Crippen LogP contribution in [0.5, 0.6) is 0 Å². The van der Waals surface area contributed by atoms with Gasteiger partial charge in [0, 0.05) is 12.1 Å². The summed E-state index contributed by atoms with van der Waals surface area (Å²) >= 11 is 0. The van der Waals surface area contributed by atoms with E-state index in [1.54, 1.807) is 0 Å². The number of hydrogen-bond acceptors (Lipinski definition) is 7. The Morgan fingerprint density at radius 3 is 2.74 bits per heavy atom. The second-order valence-corrected chi connectivity index (χ2v) is 3.65. The zero-order chi connectivity index (χ0) is 13.8. The number of nitrogens with one attached hydrogen (secondary N) is 1. The van der Waals surface area contributed by atoms with Crippen molar-refractivity contribution in [1.82, 2.24) is 14.5 Å². The molecule has 98 valence electrons. The fourth-order valence-corrected chi connectivity index (χ4v) is 1.44. The van der Waals surface area contributed by atoms with Crippen LogP contribution in [-0.4, -0.2) is 19.5 Å². The molecule has 0 saturated heterocycles. The molecule has 0 spiro atoms. The molecule has 0 bridgehead atoms. The first-order valence-corrected chi connectivity index (χ1v) is 5.22. The molecule has 0 amide bonds. The molecule has 2 aromatic heterocycles. The van der Waals surface area contributed by atoms with E-state index in [9.17, 15) is 14.9 Å². The van der Waals surface area contributed by atoms with Crippen molar-refractivity contribution >= 4 is 11.5 Å². The average Bonchev–Trinajstić information content (AvgIpc) is 2.42. The Hall–Kier alpha value is -2.81. The summed E-state index contributed by atoms with van der Waals surface area (Å²) < 4.78 is 1.19. The number of nitro groups is 1. The van der Waals surface area contributed by atoms with E-state index in [0.717, 1.165) is 12.1 Å². The van der Waals surface area contributed by atoms with Crippen LogP contribution in [0.4, 0.5) is 11.5 Å². The van der Waals surface area contributed by atoms with Crippen molar-refractivity contribution in [1.29, 1.82) is 0 Å². The summed E-state index contributed by atoms with van der Waals surface area (Å²) in [6.07, 6.45) is 4.00. The molecule has 0 radical (unpaired) electrons. The van der Waals surface area contributed by atoms with Crippen LogP contribution in [0.25, 0.3) is 0 Å². The minimum atomic E-state index is -0.566. The number of aromatic nitrogens is 3. The molecule has 0 aliphatic heterocycles. The van der Waals surface area contributed by atoms with Crippen molar-refractivity contribution in [3.05, 3.63) is 56.9 Å². The zero-order valence-electron chi connectivity index (χ0n) is 9.68. The molecule has 0 aliphatic carbocycles. The molecule has 9 heteroatoms. The van der Waals surface area contributed by atoms with Crippen molar-refractivity contribution in [3.63, 3.8) is 0 Å². The molecular weight excluding hydrogens is 252 g/mol. The maximum absolute atomic E-state index is 11.6. The number of nitrogens with two attached hydrogens (primary N) is 1. The minimum absolute atomic E-state index is 0.0956. The molecule has 0 atom stereocenters. The van der Waals surface area contributed by atoms with Crippen molar-refractivity contribution < 1.29 is 4.92 Å². The topological polar surface area (TPSA) is 129 Å². The molecule has 2 aromatic rings. The van der Waals surface area contributed by atoms with Gasteiger partial charge in [0.05, 0.1) is 35.8 Å². The standard InChI is InChI=1S/C10H10N6O3/c11-14-9-4-12-7(3-13-9)5-15-6-8(16(18)19)1-2-10(15)17/h1-4,6H,5,11H2,(H,13,14). The Kier molecular flexibility index (Phi) is 3.48. The lowest BCUT2D eigenvalue weighted by Gasteiger charge is -2.05. The van der Waals surface area contributed by atoms with E-state index in [4.69, 9.17) is 5.84 Å². The first kappa shape index (κ1) is 12.6. The summed E-state index contributed by atoms with van der Waals surface area (Å²) in [7, 11) is 0. The summed E-state index contributed by atoms with van der Waals surface area (Å²) in [6, 6.07) is 2.30. The first-order chi connectivity index (χ1) is 9.10. The van der Waals surface area contributed by atoms with E-state index < -0.39 is 4.92 Å². The van der Waals surface area contributed by atoms with E-state index in [1.165, 1.54) is 23.2 Å². The number of rotatable bonds is 4. The minimum Gasteiger partial charge on any atom is -0.307 e. The summed E-state index contributed by atoms with van der Waals surface area (Å²) in [5.41, 5.74) is 2.30. The Morgan fingerprint density at radius 1 is 1.37 bits per heavy atom. The lowest BCUT2D eigenvalue weighted by Crippen LogP contribution is -2.20. The predicted octanol–water partition coefficient (Wildman–Crippen LogP) is -0.120. The van der Waals surface area contributed by atoms with E-state index in [2.05, 4.69) is 15.4 Å². The lowest BCUT2D eigenvalue weighted by atomic mass is 10.4.